The van der Waals surface area contributed by atoms with Crippen LogP contribution in [0.1, 0.15) is 47.8 Å². The average molecular weight is 452 g/mol. The van der Waals surface area contributed by atoms with Gasteiger partial charge in [-0.1, -0.05) is 54.6 Å². The third-order valence-electron chi connectivity index (χ3n) is 4.68. The van der Waals surface area contributed by atoms with E-state index in [1.807, 2.05) is 0 Å². The second-order valence-electron chi connectivity index (χ2n) is 7.03. The van der Waals surface area contributed by atoms with Crippen LogP contribution in [-0.4, -0.2) is 17.9 Å². The second kappa shape index (κ2) is 9.62. The average Bonchev–Trinajstić information content (AvgIpc) is 2.74. The highest BCUT2D eigenvalue weighted by molar-refractivity contribution is 7.50. The molecule has 164 valence electrons. The fraction of sp³-hybridized carbons (Fsp3) is 0.125. The molecule has 0 amide bonds. The number of hydrogen-bond donors (Lipinski definition) is 0. The van der Waals surface area contributed by atoms with Crippen LogP contribution in [0.2, 0.25) is 0 Å². The van der Waals surface area contributed by atoms with Crippen molar-refractivity contribution in [2.24, 2.45) is 0 Å². The molecule has 0 saturated heterocycles. The number of carbonyl (C=O) groups is 3. The fourth-order valence-corrected chi connectivity index (χ4v) is 3.93. The van der Waals surface area contributed by atoms with Gasteiger partial charge in [-0.2, -0.15) is 4.57 Å². The molecular formula is C24H21O7P. The molecule has 0 aliphatic rings. The lowest BCUT2D eigenvalue weighted by molar-refractivity contribution is 0.0471. The quantitative estimate of drug-likeness (QED) is 0.450. The van der Waals surface area contributed by atoms with Gasteiger partial charge >= 0.3 is 25.7 Å². The van der Waals surface area contributed by atoms with E-state index >= 15 is 0 Å². The van der Waals surface area contributed by atoms with E-state index in [9.17, 15) is 18.9 Å². The Morgan fingerprint density at radius 1 is 0.531 bits per heavy atom. The van der Waals surface area contributed by atoms with Gasteiger partial charge < -0.3 is 13.6 Å². The molecule has 8 heteroatoms. The summed E-state index contributed by atoms with van der Waals surface area (Å²) in [4.78, 5) is 38.0. The Labute approximate surface area is 185 Å². The summed E-state index contributed by atoms with van der Waals surface area (Å²) in [6.45, 7) is 4.96. The molecule has 3 aromatic rings. The lowest BCUT2D eigenvalue weighted by Crippen LogP contribution is -2.16. The number of carbonyl (C=O) groups excluding carboxylic acids is 3. The van der Waals surface area contributed by atoms with Gasteiger partial charge in [0.1, 0.15) is 0 Å². The van der Waals surface area contributed by atoms with E-state index in [-0.39, 0.29) is 16.7 Å². The van der Waals surface area contributed by atoms with Crippen LogP contribution in [0.3, 0.4) is 0 Å². The topological polar surface area (TPSA) is 96.0 Å². The molecule has 0 saturated carbocycles. The van der Waals surface area contributed by atoms with Crippen LogP contribution >= 0.6 is 7.82 Å². The van der Waals surface area contributed by atoms with Gasteiger partial charge in [0.25, 0.3) is 0 Å². The van der Waals surface area contributed by atoms with Gasteiger partial charge in [0.05, 0.1) is 16.7 Å². The van der Waals surface area contributed by atoms with Gasteiger partial charge in [-0.25, -0.2) is 14.4 Å². The van der Waals surface area contributed by atoms with Crippen molar-refractivity contribution < 1.29 is 32.5 Å². The van der Waals surface area contributed by atoms with Crippen LogP contribution in [0.15, 0.2) is 72.8 Å². The first kappa shape index (κ1) is 23.0. The first-order chi connectivity index (χ1) is 15.2. The summed E-state index contributed by atoms with van der Waals surface area (Å²) in [6.07, 6.45) is 0. The molecule has 0 fully saturated rings. The van der Waals surface area contributed by atoms with E-state index in [0.717, 1.165) is 0 Å². The van der Waals surface area contributed by atoms with E-state index in [2.05, 4.69) is 0 Å². The zero-order valence-electron chi connectivity index (χ0n) is 17.7. The maximum atomic E-state index is 13.4. The van der Waals surface area contributed by atoms with Crippen LogP contribution in [0.5, 0.6) is 0 Å². The van der Waals surface area contributed by atoms with Crippen molar-refractivity contribution in [3.8, 4) is 0 Å². The molecule has 0 heterocycles. The predicted molar refractivity (Wildman–Crippen MR) is 117 cm³/mol. The Morgan fingerprint density at radius 3 is 1.03 bits per heavy atom. The highest BCUT2D eigenvalue weighted by atomic mass is 31.2. The normalized spacial score (nSPS) is 10.8. The highest BCUT2D eigenvalue weighted by Crippen LogP contribution is 2.51. The van der Waals surface area contributed by atoms with Gasteiger partial charge in [-0.05, 0) is 55.7 Å². The fourth-order valence-electron chi connectivity index (χ4n) is 2.91. The molecule has 32 heavy (non-hydrogen) atoms. The minimum Gasteiger partial charge on any atom is -0.348 e. The minimum atomic E-state index is -4.99. The summed E-state index contributed by atoms with van der Waals surface area (Å²) in [5.41, 5.74) is 1.89. The number of rotatable bonds is 6. The van der Waals surface area contributed by atoms with E-state index < -0.39 is 25.7 Å². The molecule has 0 aliphatic carbocycles. The van der Waals surface area contributed by atoms with Crippen LogP contribution in [0.4, 0.5) is 0 Å². The summed E-state index contributed by atoms with van der Waals surface area (Å²) in [5, 5.41) is 0. The maximum absolute atomic E-state index is 13.4. The molecule has 0 atom stereocenters. The van der Waals surface area contributed by atoms with E-state index in [4.69, 9.17) is 13.6 Å². The molecule has 3 aromatic carbocycles. The summed E-state index contributed by atoms with van der Waals surface area (Å²) < 4.78 is 28.4. The molecule has 0 aromatic heterocycles. The summed E-state index contributed by atoms with van der Waals surface area (Å²) in [7, 11) is -4.99. The van der Waals surface area contributed by atoms with Crippen LogP contribution < -0.4 is 0 Å². The molecule has 3 rings (SSSR count). The van der Waals surface area contributed by atoms with Crippen molar-refractivity contribution in [2.45, 2.75) is 20.8 Å². The summed E-state index contributed by atoms with van der Waals surface area (Å²) in [5.74, 6) is -3.16. The van der Waals surface area contributed by atoms with E-state index in [1.54, 1.807) is 75.4 Å². The first-order valence-corrected chi connectivity index (χ1v) is 11.1. The van der Waals surface area contributed by atoms with Gasteiger partial charge in [0.15, 0.2) is 0 Å². The SMILES string of the molecule is Cc1ccccc1C(=O)OP(=O)(OC(=O)c1ccccc1C)OC(=O)c1ccccc1C. The Bertz CT molecular complexity index is 1080. The Balaban J connectivity index is 1.93. The third-order valence-corrected chi connectivity index (χ3v) is 5.85. The Hall–Kier alpha value is -3.70. The molecule has 7 nitrogen and oxygen atoms in total. The number of benzene rings is 3. The smallest absolute Gasteiger partial charge is 0.348 e. The lowest BCUT2D eigenvalue weighted by Gasteiger charge is -2.18. The molecule has 0 N–H and O–H groups in total. The minimum absolute atomic E-state index is 0.0895. The lowest BCUT2D eigenvalue weighted by atomic mass is 10.1. The molecule has 0 aliphatic heterocycles. The third kappa shape index (κ3) is 5.31. The molecular weight excluding hydrogens is 431 g/mol. The van der Waals surface area contributed by atoms with E-state index in [0.29, 0.717) is 16.7 Å². The van der Waals surface area contributed by atoms with Gasteiger partial charge in [0.2, 0.25) is 0 Å². The molecule has 0 radical (unpaired) electrons. The first-order valence-electron chi connectivity index (χ1n) is 9.69. The summed E-state index contributed by atoms with van der Waals surface area (Å²) >= 11 is 0. The molecule has 0 bridgehead atoms. The summed E-state index contributed by atoms with van der Waals surface area (Å²) in [6, 6.07) is 19.2. The van der Waals surface area contributed by atoms with Gasteiger partial charge in [-0.15, -0.1) is 0 Å². The highest BCUT2D eigenvalue weighted by Gasteiger charge is 2.41. The second-order valence-corrected chi connectivity index (χ2v) is 8.47. The van der Waals surface area contributed by atoms with Crippen molar-refractivity contribution in [3.05, 3.63) is 106 Å². The zero-order valence-corrected chi connectivity index (χ0v) is 18.6. The van der Waals surface area contributed by atoms with Crippen LogP contribution in [-0.2, 0) is 18.1 Å². The van der Waals surface area contributed by atoms with Crippen molar-refractivity contribution >= 4 is 25.7 Å². The Kier molecular flexibility index (Phi) is 6.91. The predicted octanol–water partition coefficient (Wildman–Crippen LogP) is 5.59. The van der Waals surface area contributed by atoms with Crippen molar-refractivity contribution in [2.75, 3.05) is 0 Å². The zero-order chi connectivity index (χ0) is 23.3. The molecule has 0 unspecified atom stereocenters. The van der Waals surface area contributed by atoms with Crippen LogP contribution in [0.25, 0.3) is 0 Å². The van der Waals surface area contributed by atoms with Gasteiger partial charge in [0, 0.05) is 0 Å². The number of aryl methyl sites for hydroxylation is 3. The van der Waals surface area contributed by atoms with Crippen molar-refractivity contribution in [3.63, 3.8) is 0 Å². The monoisotopic (exact) mass is 452 g/mol. The van der Waals surface area contributed by atoms with E-state index in [1.165, 1.54) is 18.2 Å². The van der Waals surface area contributed by atoms with Crippen LogP contribution in [0, 0.1) is 20.8 Å². The number of phosphoric ester groups is 1. The largest absolute Gasteiger partial charge is 0.654 e. The Morgan fingerprint density at radius 2 is 0.781 bits per heavy atom. The maximum Gasteiger partial charge on any atom is 0.654 e. The van der Waals surface area contributed by atoms with Crippen molar-refractivity contribution in [1.29, 1.82) is 0 Å². The van der Waals surface area contributed by atoms with Gasteiger partial charge in [-0.3, -0.25) is 0 Å². The molecule has 0 spiro atoms. The standard InChI is InChI=1S/C24H21O7P/c1-16-10-4-7-13-19(16)22(25)29-32(28,30-23(26)20-14-8-5-11-17(20)2)31-24(27)21-15-9-6-12-18(21)3/h4-15H,1-3H3. The number of hydrogen-bond acceptors (Lipinski definition) is 7. The van der Waals surface area contributed by atoms with Crippen molar-refractivity contribution in [1.82, 2.24) is 0 Å². The number of phosphoric acid groups is 1.